The maximum Gasteiger partial charge on any atom is 0.165 e. The van der Waals surface area contributed by atoms with E-state index < -0.39 is 0 Å². The zero-order valence-corrected chi connectivity index (χ0v) is 17.4. The van der Waals surface area contributed by atoms with Crippen LogP contribution in [-0.4, -0.2) is 11.6 Å². The minimum Gasteiger partial charge on any atom is -0.294 e. The zero-order chi connectivity index (χ0) is 19.8. The molecule has 1 aromatic carbocycles. The number of carbonyl (C=O) groups excluding carboxylic acids is 2. The van der Waals surface area contributed by atoms with Crippen LogP contribution in [0.4, 0.5) is 0 Å². The number of ketones is 2. The summed E-state index contributed by atoms with van der Waals surface area (Å²) in [5.41, 5.74) is 3.95. The summed E-state index contributed by atoms with van der Waals surface area (Å²) in [7, 11) is 0. The third-order valence-electron chi connectivity index (χ3n) is 9.11. The minimum atomic E-state index is -0.143. The summed E-state index contributed by atoms with van der Waals surface area (Å²) in [4.78, 5) is 25.7. The molecule has 28 heavy (non-hydrogen) atoms. The van der Waals surface area contributed by atoms with Gasteiger partial charge in [0.05, 0.1) is 0 Å². The number of hydrogen-bond acceptors (Lipinski definition) is 2. The summed E-state index contributed by atoms with van der Waals surface area (Å²) in [6, 6.07) is 8.37. The van der Waals surface area contributed by atoms with Crippen molar-refractivity contribution in [2.75, 3.05) is 0 Å². The highest BCUT2D eigenvalue weighted by atomic mass is 16.1. The number of benzene rings is 1. The quantitative estimate of drug-likeness (QED) is 0.620. The van der Waals surface area contributed by atoms with Crippen LogP contribution in [0.5, 0.6) is 0 Å². The Balaban J connectivity index is 1.41. The molecule has 4 saturated carbocycles. The van der Waals surface area contributed by atoms with Gasteiger partial charge in [0.1, 0.15) is 0 Å². The summed E-state index contributed by atoms with van der Waals surface area (Å²) in [5, 5.41) is 0. The standard InChI is InChI=1S/C26H30O2/c1-15-19-9-11-25(15,3)23(27)21(19)13-17-5-7-18(8-6-17)14-22-20-10-12-26(4,16(20)2)24(22)28/h5-8,13-16,19-20H,9-12H2,1-4H3/b21-13+,22-14+. The normalized spacial score (nSPS) is 44.4. The molecule has 2 heteroatoms. The van der Waals surface area contributed by atoms with Crippen LogP contribution in [0.25, 0.3) is 12.2 Å². The highest BCUT2D eigenvalue weighted by molar-refractivity contribution is 6.08. The number of allylic oxidation sites excluding steroid dienone is 2. The van der Waals surface area contributed by atoms with E-state index in [1.165, 1.54) is 0 Å². The van der Waals surface area contributed by atoms with Crippen molar-refractivity contribution >= 4 is 23.7 Å². The van der Waals surface area contributed by atoms with Gasteiger partial charge in [0, 0.05) is 10.8 Å². The molecule has 5 rings (SSSR count). The molecule has 1 aromatic rings. The monoisotopic (exact) mass is 374 g/mol. The van der Waals surface area contributed by atoms with Crippen LogP contribution in [-0.2, 0) is 9.59 Å². The summed E-state index contributed by atoms with van der Waals surface area (Å²) < 4.78 is 0. The van der Waals surface area contributed by atoms with Crippen molar-refractivity contribution in [3.05, 3.63) is 46.5 Å². The lowest BCUT2D eigenvalue weighted by atomic mass is 9.80. The Labute approximate surface area is 168 Å². The van der Waals surface area contributed by atoms with E-state index in [0.717, 1.165) is 48.0 Å². The smallest absolute Gasteiger partial charge is 0.165 e. The van der Waals surface area contributed by atoms with Crippen molar-refractivity contribution in [2.24, 2.45) is 34.5 Å². The fourth-order valence-electron chi connectivity index (χ4n) is 6.63. The maximum atomic E-state index is 12.9. The molecule has 0 radical (unpaired) electrons. The van der Waals surface area contributed by atoms with E-state index in [9.17, 15) is 9.59 Å². The second-order valence-electron chi connectivity index (χ2n) is 10.2. The lowest BCUT2D eigenvalue weighted by Crippen LogP contribution is -2.25. The Morgan fingerprint density at radius 3 is 1.39 bits per heavy atom. The Morgan fingerprint density at radius 2 is 1.11 bits per heavy atom. The second kappa shape index (κ2) is 5.78. The summed E-state index contributed by atoms with van der Waals surface area (Å²) in [6.45, 7) is 8.76. The largest absolute Gasteiger partial charge is 0.294 e. The molecule has 0 N–H and O–H groups in total. The molecule has 2 nitrogen and oxygen atoms in total. The lowest BCUT2D eigenvalue weighted by Gasteiger charge is -2.22. The number of Topliss-reactive ketones (excluding diaryl/α,β-unsaturated/α-hetero) is 2. The van der Waals surface area contributed by atoms with Crippen LogP contribution in [0.15, 0.2) is 35.4 Å². The van der Waals surface area contributed by atoms with E-state index in [1.54, 1.807) is 0 Å². The topological polar surface area (TPSA) is 34.1 Å². The van der Waals surface area contributed by atoms with Crippen LogP contribution in [0.1, 0.15) is 64.5 Å². The van der Waals surface area contributed by atoms with Crippen LogP contribution < -0.4 is 0 Å². The SMILES string of the molecule is CC1C2CCC1(C)C(=O)/C2=C/c1ccc(/C=C2/C(=O)C3(C)CCC2C3C)cc1. The van der Waals surface area contributed by atoms with Gasteiger partial charge in [-0.1, -0.05) is 52.0 Å². The molecule has 146 valence electrons. The van der Waals surface area contributed by atoms with Gasteiger partial charge in [-0.3, -0.25) is 9.59 Å². The molecule has 4 bridgehead atoms. The fraction of sp³-hybridized carbons (Fsp3) is 0.538. The van der Waals surface area contributed by atoms with Crippen LogP contribution in [0, 0.1) is 34.5 Å². The first-order valence-electron chi connectivity index (χ1n) is 10.9. The van der Waals surface area contributed by atoms with Gasteiger partial charge in [-0.2, -0.15) is 0 Å². The predicted molar refractivity (Wildman–Crippen MR) is 112 cm³/mol. The van der Waals surface area contributed by atoms with E-state index >= 15 is 0 Å². The molecule has 0 spiro atoms. The Morgan fingerprint density at radius 1 is 0.750 bits per heavy atom. The van der Waals surface area contributed by atoms with Crippen molar-refractivity contribution in [3.8, 4) is 0 Å². The molecule has 0 amide bonds. The molecule has 0 heterocycles. The van der Waals surface area contributed by atoms with Gasteiger partial charge in [-0.05, 0) is 83.8 Å². The number of fused-ring (bicyclic) bond motifs is 4. The third-order valence-corrected chi connectivity index (χ3v) is 9.11. The van der Waals surface area contributed by atoms with Gasteiger partial charge in [-0.25, -0.2) is 0 Å². The molecule has 0 aliphatic heterocycles. The maximum absolute atomic E-state index is 12.9. The van der Waals surface area contributed by atoms with E-state index in [0.29, 0.717) is 35.2 Å². The molecule has 4 fully saturated rings. The molecule has 4 aliphatic carbocycles. The molecular weight excluding hydrogens is 344 g/mol. The molecular formula is C26H30O2. The molecule has 0 aromatic heterocycles. The first kappa shape index (κ1) is 18.1. The molecule has 4 aliphatic rings. The van der Waals surface area contributed by atoms with E-state index in [2.05, 4.69) is 64.1 Å². The average molecular weight is 375 g/mol. The number of carbonyl (C=O) groups is 2. The first-order valence-corrected chi connectivity index (χ1v) is 10.9. The summed E-state index contributed by atoms with van der Waals surface area (Å²) >= 11 is 0. The third kappa shape index (κ3) is 2.21. The van der Waals surface area contributed by atoms with E-state index in [-0.39, 0.29) is 10.8 Å². The van der Waals surface area contributed by atoms with E-state index in [4.69, 9.17) is 0 Å². The number of rotatable bonds is 2. The minimum absolute atomic E-state index is 0.143. The first-order chi connectivity index (χ1) is 13.3. The van der Waals surface area contributed by atoms with Crippen molar-refractivity contribution in [2.45, 2.75) is 53.4 Å². The van der Waals surface area contributed by atoms with Crippen molar-refractivity contribution in [1.82, 2.24) is 0 Å². The van der Waals surface area contributed by atoms with Gasteiger partial charge < -0.3 is 0 Å². The summed E-state index contributed by atoms with van der Waals surface area (Å²) in [5.74, 6) is 2.49. The van der Waals surface area contributed by atoms with Gasteiger partial charge >= 0.3 is 0 Å². The molecule has 6 atom stereocenters. The van der Waals surface area contributed by atoms with Crippen molar-refractivity contribution in [1.29, 1.82) is 0 Å². The van der Waals surface area contributed by atoms with E-state index in [1.807, 2.05) is 0 Å². The molecule has 6 unspecified atom stereocenters. The van der Waals surface area contributed by atoms with Gasteiger partial charge in [0.25, 0.3) is 0 Å². The lowest BCUT2D eigenvalue weighted by molar-refractivity contribution is -0.124. The van der Waals surface area contributed by atoms with Crippen molar-refractivity contribution in [3.63, 3.8) is 0 Å². The molecule has 0 saturated heterocycles. The zero-order valence-electron chi connectivity index (χ0n) is 17.4. The van der Waals surface area contributed by atoms with Crippen LogP contribution >= 0.6 is 0 Å². The Kier molecular flexibility index (Phi) is 3.73. The fourth-order valence-corrected chi connectivity index (χ4v) is 6.63. The predicted octanol–water partition coefficient (Wildman–Crippen LogP) is 5.72. The highest BCUT2D eigenvalue weighted by Crippen LogP contribution is 2.59. The highest BCUT2D eigenvalue weighted by Gasteiger charge is 2.57. The second-order valence-corrected chi connectivity index (χ2v) is 10.2. The van der Waals surface area contributed by atoms with Gasteiger partial charge in [0.15, 0.2) is 11.6 Å². The average Bonchev–Trinajstić information content (AvgIpc) is 3.26. The van der Waals surface area contributed by atoms with Crippen LogP contribution in [0.2, 0.25) is 0 Å². The van der Waals surface area contributed by atoms with Crippen molar-refractivity contribution < 1.29 is 9.59 Å². The number of hydrogen-bond donors (Lipinski definition) is 0. The summed E-state index contributed by atoms with van der Waals surface area (Å²) in [6.07, 6.45) is 8.56. The van der Waals surface area contributed by atoms with Gasteiger partial charge in [0.2, 0.25) is 0 Å². The van der Waals surface area contributed by atoms with Gasteiger partial charge in [-0.15, -0.1) is 0 Å². The Hall–Kier alpha value is -1.96. The van der Waals surface area contributed by atoms with Crippen LogP contribution in [0.3, 0.4) is 0 Å². The Bertz CT molecular complexity index is 857.